The van der Waals surface area contributed by atoms with Crippen LogP contribution in [0.2, 0.25) is 0 Å². The third kappa shape index (κ3) is 2.38. The van der Waals surface area contributed by atoms with Crippen LogP contribution in [-0.4, -0.2) is 26.2 Å². The van der Waals surface area contributed by atoms with Crippen molar-refractivity contribution in [3.05, 3.63) is 11.1 Å². The Morgan fingerprint density at radius 2 is 1.25 bits per heavy atom. The summed E-state index contributed by atoms with van der Waals surface area (Å²) >= 11 is 0. The van der Waals surface area contributed by atoms with Crippen molar-refractivity contribution in [3.8, 4) is 0 Å². The van der Waals surface area contributed by atoms with Gasteiger partial charge in [-0.1, -0.05) is 5.57 Å². The third-order valence-corrected chi connectivity index (χ3v) is 1.28. The number of carbonyl (C=O) groups is 2. The average molecular weight is 172 g/mol. The van der Waals surface area contributed by atoms with Gasteiger partial charge in [0, 0.05) is 0 Å². The molecule has 0 aliphatic heterocycles. The van der Waals surface area contributed by atoms with Gasteiger partial charge in [0.05, 0.1) is 14.2 Å². The van der Waals surface area contributed by atoms with Gasteiger partial charge in [-0.2, -0.15) is 0 Å². The Morgan fingerprint density at radius 1 is 0.917 bits per heavy atom. The van der Waals surface area contributed by atoms with E-state index in [0.717, 1.165) is 0 Å². The van der Waals surface area contributed by atoms with Crippen molar-refractivity contribution in [2.75, 3.05) is 14.2 Å². The molecule has 0 bridgehead atoms. The molecule has 0 fully saturated rings. The molecule has 0 atom stereocenters. The van der Waals surface area contributed by atoms with Crippen LogP contribution in [-0.2, 0) is 19.1 Å². The second kappa shape index (κ2) is 4.54. The number of esters is 2. The van der Waals surface area contributed by atoms with Crippen molar-refractivity contribution in [3.63, 3.8) is 0 Å². The van der Waals surface area contributed by atoms with E-state index in [0.29, 0.717) is 5.57 Å². The van der Waals surface area contributed by atoms with E-state index in [1.165, 1.54) is 14.2 Å². The van der Waals surface area contributed by atoms with Crippen LogP contribution in [0, 0.1) is 0 Å². The molecule has 0 amide bonds. The van der Waals surface area contributed by atoms with Gasteiger partial charge in [0.25, 0.3) is 0 Å². The largest absolute Gasteiger partial charge is 0.465 e. The molecule has 0 unspecified atom stereocenters. The van der Waals surface area contributed by atoms with E-state index in [9.17, 15) is 9.59 Å². The summed E-state index contributed by atoms with van der Waals surface area (Å²) in [5, 5.41) is 0. The Bertz CT molecular complexity index is 205. The molecule has 0 saturated carbocycles. The fourth-order valence-electron chi connectivity index (χ4n) is 0.696. The normalized spacial score (nSPS) is 8.67. The Kier molecular flexibility index (Phi) is 4.04. The first kappa shape index (κ1) is 10.7. The number of ether oxygens (including phenoxy) is 2. The summed E-state index contributed by atoms with van der Waals surface area (Å²) in [6, 6.07) is 0. The van der Waals surface area contributed by atoms with Crippen LogP contribution in [0.25, 0.3) is 0 Å². The standard InChI is InChI=1S/C8H12O4/c1-5(2)6(7(9)11-3)8(10)12-4/h1-4H3. The highest BCUT2D eigenvalue weighted by molar-refractivity contribution is 6.14. The van der Waals surface area contributed by atoms with E-state index in [-0.39, 0.29) is 5.57 Å². The zero-order valence-electron chi connectivity index (χ0n) is 7.63. The Balaban J connectivity index is 4.83. The van der Waals surface area contributed by atoms with E-state index < -0.39 is 11.9 Å². The first-order chi connectivity index (χ1) is 5.54. The molecule has 4 nitrogen and oxygen atoms in total. The monoisotopic (exact) mass is 172 g/mol. The summed E-state index contributed by atoms with van der Waals surface area (Å²) in [5.41, 5.74) is 0.536. The molecular formula is C8H12O4. The lowest BCUT2D eigenvalue weighted by Crippen LogP contribution is -2.17. The first-order valence-electron chi connectivity index (χ1n) is 3.38. The van der Waals surface area contributed by atoms with Crippen LogP contribution in [0.1, 0.15) is 13.8 Å². The number of carbonyl (C=O) groups excluding carboxylic acids is 2. The van der Waals surface area contributed by atoms with Crippen LogP contribution in [0.3, 0.4) is 0 Å². The summed E-state index contributed by atoms with van der Waals surface area (Å²) in [7, 11) is 2.43. The number of hydrogen-bond acceptors (Lipinski definition) is 4. The van der Waals surface area contributed by atoms with Gasteiger partial charge in [0.2, 0.25) is 0 Å². The molecule has 0 aliphatic rings. The highest BCUT2D eigenvalue weighted by Gasteiger charge is 2.20. The molecule has 0 radical (unpaired) electrons. The lowest BCUT2D eigenvalue weighted by molar-refractivity contribution is -0.144. The fourth-order valence-corrected chi connectivity index (χ4v) is 0.696. The molecule has 12 heavy (non-hydrogen) atoms. The molecule has 0 aliphatic carbocycles. The van der Waals surface area contributed by atoms with Gasteiger partial charge in [-0.25, -0.2) is 9.59 Å². The molecule has 0 rings (SSSR count). The van der Waals surface area contributed by atoms with Gasteiger partial charge in [0.15, 0.2) is 0 Å². The molecule has 0 spiro atoms. The van der Waals surface area contributed by atoms with Crippen molar-refractivity contribution in [2.24, 2.45) is 0 Å². The number of allylic oxidation sites excluding steroid dienone is 1. The summed E-state index contributed by atoms with van der Waals surface area (Å²) in [6.07, 6.45) is 0. The Labute approximate surface area is 71.2 Å². The quantitative estimate of drug-likeness (QED) is 0.266. The third-order valence-electron chi connectivity index (χ3n) is 1.28. The summed E-state index contributed by atoms with van der Waals surface area (Å²) in [6.45, 7) is 3.28. The smallest absolute Gasteiger partial charge is 0.345 e. The van der Waals surface area contributed by atoms with Gasteiger partial charge in [-0.15, -0.1) is 0 Å². The highest BCUT2D eigenvalue weighted by atomic mass is 16.5. The number of rotatable bonds is 2. The van der Waals surface area contributed by atoms with Gasteiger partial charge >= 0.3 is 11.9 Å². The Hall–Kier alpha value is -1.32. The second-order valence-corrected chi connectivity index (χ2v) is 2.36. The van der Waals surface area contributed by atoms with Gasteiger partial charge in [0.1, 0.15) is 5.57 Å². The van der Waals surface area contributed by atoms with Crippen LogP contribution in [0.5, 0.6) is 0 Å². The minimum Gasteiger partial charge on any atom is -0.465 e. The minimum absolute atomic E-state index is 0.0417. The van der Waals surface area contributed by atoms with Gasteiger partial charge < -0.3 is 9.47 Å². The first-order valence-corrected chi connectivity index (χ1v) is 3.38. The van der Waals surface area contributed by atoms with Gasteiger partial charge in [-0.05, 0) is 13.8 Å². The van der Waals surface area contributed by atoms with E-state index in [1.54, 1.807) is 13.8 Å². The maximum atomic E-state index is 11.0. The molecule has 0 N–H and O–H groups in total. The SMILES string of the molecule is COC(=O)C(C(=O)OC)=C(C)C. The lowest BCUT2D eigenvalue weighted by Gasteiger charge is -2.04. The molecular weight excluding hydrogens is 160 g/mol. The topological polar surface area (TPSA) is 52.6 Å². The second-order valence-electron chi connectivity index (χ2n) is 2.36. The van der Waals surface area contributed by atoms with Crippen molar-refractivity contribution < 1.29 is 19.1 Å². The maximum Gasteiger partial charge on any atom is 0.345 e. The number of hydrogen-bond donors (Lipinski definition) is 0. The van der Waals surface area contributed by atoms with Crippen molar-refractivity contribution in [1.82, 2.24) is 0 Å². The van der Waals surface area contributed by atoms with Crippen molar-refractivity contribution in [2.45, 2.75) is 13.8 Å². The van der Waals surface area contributed by atoms with E-state index in [1.807, 2.05) is 0 Å². The van der Waals surface area contributed by atoms with Crippen molar-refractivity contribution in [1.29, 1.82) is 0 Å². The van der Waals surface area contributed by atoms with E-state index in [4.69, 9.17) is 0 Å². The maximum absolute atomic E-state index is 11.0. The van der Waals surface area contributed by atoms with Crippen molar-refractivity contribution >= 4 is 11.9 Å². The van der Waals surface area contributed by atoms with E-state index >= 15 is 0 Å². The summed E-state index contributed by atoms with van der Waals surface area (Å²) < 4.78 is 8.80. The summed E-state index contributed by atoms with van der Waals surface area (Å²) in [4.78, 5) is 21.9. The van der Waals surface area contributed by atoms with Gasteiger partial charge in [-0.3, -0.25) is 0 Å². The fraction of sp³-hybridized carbons (Fsp3) is 0.500. The van der Waals surface area contributed by atoms with Crippen LogP contribution < -0.4 is 0 Å². The lowest BCUT2D eigenvalue weighted by atomic mass is 10.1. The predicted molar refractivity (Wildman–Crippen MR) is 42.4 cm³/mol. The molecule has 0 aromatic heterocycles. The van der Waals surface area contributed by atoms with Crippen LogP contribution in [0.15, 0.2) is 11.1 Å². The summed E-state index contributed by atoms with van der Waals surface area (Å²) in [5.74, 6) is -1.33. The van der Waals surface area contributed by atoms with Crippen LogP contribution >= 0.6 is 0 Å². The molecule has 0 aromatic carbocycles. The van der Waals surface area contributed by atoms with E-state index in [2.05, 4.69) is 9.47 Å². The molecule has 0 aromatic rings. The number of methoxy groups -OCH3 is 2. The zero-order chi connectivity index (χ0) is 9.72. The van der Waals surface area contributed by atoms with Crippen LogP contribution in [0.4, 0.5) is 0 Å². The Morgan fingerprint density at radius 3 is 1.42 bits per heavy atom. The highest BCUT2D eigenvalue weighted by Crippen LogP contribution is 2.06. The molecule has 68 valence electrons. The molecule has 4 heteroatoms. The molecule has 0 heterocycles. The zero-order valence-corrected chi connectivity index (χ0v) is 7.63. The average Bonchev–Trinajstić information content (AvgIpc) is 2.03. The molecule has 0 saturated heterocycles. The predicted octanol–water partition coefficient (Wildman–Crippen LogP) is 0.669. The minimum atomic E-state index is -0.665.